The van der Waals surface area contributed by atoms with Crippen molar-refractivity contribution < 1.29 is 9.53 Å². The molecule has 2 heteroatoms. The zero-order valence-corrected chi connectivity index (χ0v) is 11.2. The Morgan fingerprint density at radius 2 is 1.80 bits per heavy atom. The molecule has 0 atom stereocenters. The number of ether oxygens (including phenoxy) is 1. The molecule has 0 spiro atoms. The van der Waals surface area contributed by atoms with Gasteiger partial charge in [-0.25, -0.2) is 0 Å². The third-order valence-electron chi connectivity index (χ3n) is 3.10. The average molecular weight is 262 g/mol. The lowest BCUT2D eigenvalue weighted by atomic mass is 9.92. The first kappa shape index (κ1) is 13.7. The summed E-state index contributed by atoms with van der Waals surface area (Å²) < 4.78 is 5.18. The molecule has 0 heterocycles. The first-order valence-corrected chi connectivity index (χ1v) is 6.22. The first-order valence-electron chi connectivity index (χ1n) is 6.22. The number of carbonyl (C=O) groups excluding carboxylic acids is 1. The van der Waals surface area contributed by atoms with E-state index in [9.17, 15) is 4.79 Å². The minimum atomic E-state index is -1.34. The Bertz CT molecular complexity index is 710. The molecule has 0 unspecified atom stereocenters. The van der Waals surface area contributed by atoms with Gasteiger partial charge in [-0.05, 0) is 28.2 Å². The van der Waals surface area contributed by atoms with Crippen LogP contribution in [0.1, 0.15) is 12.5 Å². The Morgan fingerprint density at radius 1 is 1.15 bits per heavy atom. The van der Waals surface area contributed by atoms with E-state index in [-0.39, 0.29) is 0 Å². The van der Waals surface area contributed by atoms with Gasteiger partial charge < -0.3 is 4.74 Å². The third-order valence-corrected chi connectivity index (χ3v) is 3.10. The predicted octanol–water partition coefficient (Wildman–Crippen LogP) is 2.95. The number of terminal acetylenes is 2. The lowest BCUT2D eigenvalue weighted by molar-refractivity contribution is -0.147. The van der Waals surface area contributed by atoms with Crippen LogP contribution in [-0.4, -0.2) is 11.6 Å². The van der Waals surface area contributed by atoms with Gasteiger partial charge in [-0.3, -0.25) is 4.79 Å². The van der Waals surface area contributed by atoms with E-state index in [1.165, 1.54) is 6.92 Å². The third kappa shape index (κ3) is 2.66. The number of hydrogen-bond acceptors (Lipinski definition) is 2. The number of hydrogen-bond donors (Lipinski definition) is 0. The summed E-state index contributed by atoms with van der Waals surface area (Å²) in [6.45, 7) is 1.30. The largest absolute Gasteiger partial charge is 0.434 e. The zero-order valence-electron chi connectivity index (χ0n) is 11.2. The molecule has 2 rings (SSSR count). The molecule has 0 aliphatic heterocycles. The van der Waals surface area contributed by atoms with E-state index < -0.39 is 11.6 Å². The highest BCUT2D eigenvalue weighted by atomic mass is 16.6. The molecule has 0 aliphatic carbocycles. The van der Waals surface area contributed by atoms with Crippen molar-refractivity contribution >= 4 is 16.7 Å². The van der Waals surface area contributed by atoms with Crippen LogP contribution >= 0.6 is 0 Å². The maximum Gasteiger partial charge on any atom is 0.304 e. The fourth-order valence-corrected chi connectivity index (χ4v) is 2.20. The summed E-state index contributed by atoms with van der Waals surface area (Å²) in [5.41, 5.74) is -0.379. The number of carbonyl (C=O) groups is 1. The molecule has 0 saturated carbocycles. The van der Waals surface area contributed by atoms with Gasteiger partial charge in [0.2, 0.25) is 5.60 Å². The fraction of sp³-hybridized carbons (Fsp3) is 0.167. The molecule has 0 fully saturated rings. The van der Waals surface area contributed by atoms with E-state index in [0.29, 0.717) is 6.42 Å². The zero-order chi connectivity index (χ0) is 14.6. The van der Waals surface area contributed by atoms with Gasteiger partial charge in [-0.2, -0.15) is 0 Å². The molecule has 20 heavy (non-hydrogen) atoms. The van der Waals surface area contributed by atoms with Crippen molar-refractivity contribution in [1.29, 1.82) is 0 Å². The molecule has 98 valence electrons. The quantitative estimate of drug-likeness (QED) is 0.628. The van der Waals surface area contributed by atoms with Gasteiger partial charge in [-0.15, -0.1) is 12.8 Å². The highest BCUT2D eigenvalue weighted by Crippen LogP contribution is 2.24. The second-order valence-corrected chi connectivity index (χ2v) is 4.52. The molecule has 0 radical (unpaired) electrons. The number of benzene rings is 2. The van der Waals surface area contributed by atoms with E-state index in [1.54, 1.807) is 0 Å². The number of rotatable bonds is 3. The lowest BCUT2D eigenvalue weighted by Gasteiger charge is -2.22. The number of fused-ring (bicyclic) bond motifs is 1. The van der Waals surface area contributed by atoms with Gasteiger partial charge in [0.05, 0.1) is 0 Å². The Labute approximate surface area is 118 Å². The number of esters is 1. The highest BCUT2D eigenvalue weighted by molar-refractivity contribution is 5.86. The van der Waals surface area contributed by atoms with Crippen molar-refractivity contribution in [2.45, 2.75) is 18.9 Å². The van der Waals surface area contributed by atoms with Crippen LogP contribution in [0.4, 0.5) is 0 Å². The summed E-state index contributed by atoms with van der Waals surface area (Å²) in [6.07, 6.45) is 11.3. The minimum absolute atomic E-state index is 0.293. The van der Waals surface area contributed by atoms with Crippen molar-refractivity contribution in [3.05, 3.63) is 48.0 Å². The summed E-state index contributed by atoms with van der Waals surface area (Å²) in [6, 6.07) is 13.8. The second-order valence-electron chi connectivity index (χ2n) is 4.52. The van der Waals surface area contributed by atoms with Crippen LogP contribution < -0.4 is 0 Å². The van der Waals surface area contributed by atoms with Crippen molar-refractivity contribution in [3.63, 3.8) is 0 Å². The van der Waals surface area contributed by atoms with Gasteiger partial charge in [-0.1, -0.05) is 42.5 Å². The molecular weight excluding hydrogens is 248 g/mol. The van der Waals surface area contributed by atoms with Crippen LogP contribution in [0, 0.1) is 24.7 Å². The van der Waals surface area contributed by atoms with Crippen LogP contribution in [0.2, 0.25) is 0 Å². The summed E-state index contributed by atoms with van der Waals surface area (Å²) in [5.74, 6) is 4.38. The van der Waals surface area contributed by atoms with E-state index in [0.717, 1.165) is 16.3 Å². The smallest absolute Gasteiger partial charge is 0.304 e. The minimum Gasteiger partial charge on any atom is -0.434 e. The topological polar surface area (TPSA) is 26.3 Å². The van der Waals surface area contributed by atoms with E-state index in [2.05, 4.69) is 11.8 Å². The van der Waals surface area contributed by atoms with Crippen molar-refractivity contribution in [2.24, 2.45) is 0 Å². The van der Waals surface area contributed by atoms with Crippen molar-refractivity contribution in [3.8, 4) is 24.7 Å². The second kappa shape index (κ2) is 5.51. The monoisotopic (exact) mass is 262 g/mol. The Kier molecular flexibility index (Phi) is 3.78. The lowest BCUT2D eigenvalue weighted by Crippen LogP contribution is -2.33. The SMILES string of the molecule is C#CC(C#C)(Cc1cccc2ccccc12)OC(C)=O. The van der Waals surface area contributed by atoms with E-state index >= 15 is 0 Å². The van der Waals surface area contributed by atoms with E-state index in [1.807, 2.05) is 42.5 Å². The van der Waals surface area contributed by atoms with Gasteiger partial charge in [0.1, 0.15) is 0 Å². The standard InChI is InChI=1S/C18H14O2/c1-4-18(5-2,20-14(3)19)13-16-11-8-10-15-9-6-7-12-17(15)16/h1-2,6-12H,13H2,3H3. The van der Waals surface area contributed by atoms with Crippen LogP contribution in [0.3, 0.4) is 0 Å². The maximum atomic E-state index is 11.2. The van der Waals surface area contributed by atoms with Crippen LogP contribution in [0.5, 0.6) is 0 Å². The molecule has 0 aliphatic rings. The normalized spacial score (nSPS) is 10.6. The van der Waals surface area contributed by atoms with Gasteiger partial charge >= 0.3 is 5.97 Å². The maximum absolute atomic E-state index is 11.2. The summed E-state index contributed by atoms with van der Waals surface area (Å²) >= 11 is 0. The van der Waals surface area contributed by atoms with Gasteiger partial charge in [0.25, 0.3) is 0 Å². The molecule has 0 aromatic heterocycles. The highest BCUT2D eigenvalue weighted by Gasteiger charge is 2.29. The molecule has 2 nitrogen and oxygen atoms in total. The van der Waals surface area contributed by atoms with E-state index in [4.69, 9.17) is 17.6 Å². The summed E-state index contributed by atoms with van der Waals surface area (Å²) in [5, 5.41) is 2.15. The Balaban J connectivity index is 2.47. The molecule has 2 aromatic rings. The predicted molar refractivity (Wildman–Crippen MR) is 79.8 cm³/mol. The van der Waals surface area contributed by atoms with Crippen LogP contribution in [0.25, 0.3) is 10.8 Å². The molecule has 0 bridgehead atoms. The molecule has 0 amide bonds. The van der Waals surface area contributed by atoms with Gasteiger partial charge in [0, 0.05) is 13.3 Å². The summed E-state index contributed by atoms with van der Waals surface area (Å²) in [4.78, 5) is 11.2. The first-order chi connectivity index (χ1) is 9.60. The van der Waals surface area contributed by atoms with Crippen molar-refractivity contribution in [1.82, 2.24) is 0 Å². The summed E-state index contributed by atoms with van der Waals surface area (Å²) in [7, 11) is 0. The molecule has 0 saturated heterocycles. The Morgan fingerprint density at radius 3 is 2.45 bits per heavy atom. The van der Waals surface area contributed by atoms with Gasteiger partial charge in [0.15, 0.2) is 0 Å². The fourth-order valence-electron chi connectivity index (χ4n) is 2.20. The average Bonchev–Trinajstić information content (AvgIpc) is 2.46. The van der Waals surface area contributed by atoms with Crippen molar-refractivity contribution in [2.75, 3.05) is 0 Å². The Hall–Kier alpha value is -2.71. The molecule has 0 N–H and O–H groups in total. The van der Waals surface area contributed by atoms with Crippen LogP contribution in [-0.2, 0) is 16.0 Å². The van der Waals surface area contributed by atoms with Crippen LogP contribution in [0.15, 0.2) is 42.5 Å². The molecule has 2 aromatic carbocycles. The molecular formula is C18H14O2.